The first kappa shape index (κ1) is 25.9. The van der Waals surface area contributed by atoms with Gasteiger partial charge in [0.2, 0.25) is 0 Å². The van der Waals surface area contributed by atoms with Gasteiger partial charge in [0.1, 0.15) is 12.0 Å². The molecule has 35 heavy (non-hydrogen) atoms. The van der Waals surface area contributed by atoms with Crippen LogP contribution in [-0.2, 0) is 17.6 Å². The molecule has 1 amide bonds. The van der Waals surface area contributed by atoms with Gasteiger partial charge in [-0.15, -0.1) is 0 Å². The lowest BCUT2D eigenvalue weighted by atomic mass is 9.94. The summed E-state index contributed by atoms with van der Waals surface area (Å²) in [6.45, 7) is 4.81. The van der Waals surface area contributed by atoms with E-state index in [1.807, 2.05) is 30.0 Å². The number of carbonyl (C=O) groups is 2. The summed E-state index contributed by atoms with van der Waals surface area (Å²) >= 11 is 12.1. The highest BCUT2D eigenvalue weighted by atomic mass is 35.5. The van der Waals surface area contributed by atoms with E-state index < -0.39 is 5.97 Å². The summed E-state index contributed by atoms with van der Waals surface area (Å²) in [5.74, 6) is -1.02. The molecule has 3 heterocycles. The van der Waals surface area contributed by atoms with E-state index in [0.29, 0.717) is 41.4 Å². The van der Waals surface area contributed by atoms with E-state index >= 15 is 0 Å². The van der Waals surface area contributed by atoms with Gasteiger partial charge in [-0.05, 0) is 76.1 Å². The number of aryl methyl sites for hydroxylation is 2. The van der Waals surface area contributed by atoms with E-state index in [0.717, 1.165) is 68.3 Å². The number of halogens is 2. The zero-order valence-electron chi connectivity index (χ0n) is 20.1. The number of aliphatic carboxylic acids is 1. The van der Waals surface area contributed by atoms with Crippen LogP contribution in [0.4, 0.5) is 0 Å². The van der Waals surface area contributed by atoms with Crippen molar-refractivity contribution in [2.45, 2.75) is 57.9 Å². The number of hydrogen-bond donors (Lipinski definition) is 1. The maximum absolute atomic E-state index is 13.3. The van der Waals surface area contributed by atoms with Crippen LogP contribution in [0.25, 0.3) is 0 Å². The van der Waals surface area contributed by atoms with Crippen molar-refractivity contribution in [1.82, 2.24) is 19.8 Å². The van der Waals surface area contributed by atoms with Crippen LogP contribution in [0.5, 0.6) is 0 Å². The maximum Gasteiger partial charge on any atom is 0.307 e. The summed E-state index contributed by atoms with van der Waals surface area (Å²) in [7, 11) is 0. The van der Waals surface area contributed by atoms with Crippen molar-refractivity contribution in [2.75, 3.05) is 26.2 Å². The monoisotopic (exact) mass is 518 g/mol. The number of carboxylic acids is 1. The lowest BCUT2D eigenvalue weighted by molar-refractivity contribution is -0.144. The molecule has 4 rings (SSSR count). The first-order valence-electron chi connectivity index (χ1n) is 12.3. The molecule has 7 nitrogen and oxygen atoms in total. The molecule has 2 aromatic rings. The van der Waals surface area contributed by atoms with Gasteiger partial charge in [0, 0.05) is 36.9 Å². The largest absolute Gasteiger partial charge is 0.481 e. The molecular weight excluding hydrogens is 487 g/mol. The van der Waals surface area contributed by atoms with Crippen LogP contribution in [0.3, 0.4) is 0 Å². The number of carboxylic acid groups (broad SMARTS) is 1. The molecule has 9 heteroatoms. The summed E-state index contributed by atoms with van der Waals surface area (Å²) in [6.07, 6.45) is 7.35. The fraction of sp³-hybridized carbons (Fsp3) is 0.538. The molecule has 188 valence electrons. The lowest BCUT2D eigenvalue weighted by Gasteiger charge is -2.41. The highest BCUT2D eigenvalue weighted by molar-refractivity contribution is 6.42. The minimum Gasteiger partial charge on any atom is -0.481 e. The Balaban J connectivity index is 1.32. The van der Waals surface area contributed by atoms with Gasteiger partial charge in [-0.3, -0.25) is 14.5 Å². The van der Waals surface area contributed by atoms with Crippen molar-refractivity contribution < 1.29 is 14.7 Å². The van der Waals surface area contributed by atoms with Gasteiger partial charge in [-0.2, -0.15) is 0 Å². The molecule has 0 aliphatic carbocycles. The molecule has 1 atom stereocenters. The summed E-state index contributed by atoms with van der Waals surface area (Å²) < 4.78 is 0. The topological polar surface area (TPSA) is 86.6 Å². The third-order valence-electron chi connectivity index (χ3n) is 7.32. The number of rotatable bonds is 7. The second kappa shape index (κ2) is 11.7. The molecule has 2 fully saturated rings. The minimum absolute atomic E-state index is 0.0452. The highest BCUT2D eigenvalue weighted by Gasteiger charge is 2.33. The van der Waals surface area contributed by atoms with Crippen molar-refractivity contribution in [3.8, 4) is 0 Å². The fourth-order valence-corrected chi connectivity index (χ4v) is 5.55. The molecule has 0 saturated carbocycles. The Morgan fingerprint density at radius 3 is 2.54 bits per heavy atom. The zero-order valence-corrected chi connectivity index (χ0v) is 21.6. The van der Waals surface area contributed by atoms with Gasteiger partial charge in [0.05, 0.1) is 16.0 Å². The second-order valence-corrected chi connectivity index (χ2v) is 10.4. The predicted octanol–water partition coefficient (Wildman–Crippen LogP) is 4.67. The number of amides is 1. The van der Waals surface area contributed by atoms with E-state index in [1.165, 1.54) is 6.33 Å². The molecule has 1 N–H and O–H groups in total. The summed E-state index contributed by atoms with van der Waals surface area (Å²) in [5, 5.41) is 10.5. The summed E-state index contributed by atoms with van der Waals surface area (Å²) in [4.78, 5) is 37.6. The highest BCUT2D eigenvalue weighted by Crippen LogP contribution is 2.26. The molecule has 0 unspecified atom stereocenters. The zero-order chi connectivity index (χ0) is 24.9. The SMILES string of the molecule is Cc1c(CCCc2ccc(Cl)c(Cl)c2)ncnc1C(=O)N1CCC(N2CCC[C@H](C(=O)O)C2)CC1. The van der Waals surface area contributed by atoms with Crippen molar-refractivity contribution >= 4 is 35.1 Å². The van der Waals surface area contributed by atoms with Crippen LogP contribution in [-0.4, -0.2) is 69.0 Å². The first-order chi connectivity index (χ1) is 16.8. The van der Waals surface area contributed by atoms with Crippen LogP contribution in [0.15, 0.2) is 24.5 Å². The third-order valence-corrected chi connectivity index (χ3v) is 8.06. The van der Waals surface area contributed by atoms with Crippen molar-refractivity contribution in [2.24, 2.45) is 5.92 Å². The van der Waals surface area contributed by atoms with Gasteiger partial charge < -0.3 is 10.0 Å². The number of benzene rings is 1. The number of hydrogen-bond acceptors (Lipinski definition) is 5. The number of carbonyl (C=O) groups excluding carboxylic acids is 1. The van der Waals surface area contributed by atoms with Gasteiger partial charge in [-0.1, -0.05) is 29.3 Å². The number of aromatic nitrogens is 2. The smallest absolute Gasteiger partial charge is 0.307 e. The van der Waals surface area contributed by atoms with E-state index in [4.69, 9.17) is 23.2 Å². The molecular formula is C26H32Cl2N4O3. The Labute approximate surface area is 216 Å². The Morgan fingerprint density at radius 2 is 1.83 bits per heavy atom. The second-order valence-electron chi connectivity index (χ2n) is 9.59. The predicted molar refractivity (Wildman–Crippen MR) is 136 cm³/mol. The standard InChI is InChI=1S/C26H32Cl2N4O3/c1-17-23(6-2-4-18-7-8-21(27)22(28)14-18)29-16-30-24(17)25(33)31-12-9-20(10-13-31)32-11-3-5-19(15-32)26(34)35/h7-8,14,16,19-20H,2-6,9-13,15H2,1H3,(H,34,35)/t19-/m0/s1. The normalized spacial score (nSPS) is 19.6. The Hall–Kier alpha value is -2.22. The van der Waals surface area contributed by atoms with E-state index in [-0.39, 0.29) is 11.8 Å². The molecule has 1 aromatic heterocycles. The van der Waals surface area contributed by atoms with E-state index in [2.05, 4.69) is 14.9 Å². The first-order valence-corrected chi connectivity index (χ1v) is 13.1. The van der Waals surface area contributed by atoms with E-state index in [1.54, 1.807) is 0 Å². The van der Waals surface area contributed by atoms with Gasteiger partial charge >= 0.3 is 5.97 Å². The number of nitrogens with zero attached hydrogens (tertiary/aromatic N) is 4. The molecule has 0 spiro atoms. The van der Waals surface area contributed by atoms with Crippen molar-refractivity contribution in [3.05, 3.63) is 57.1 Å². The van der Waals surface area contributed by atoms with Crippen molar-refractivity contribution in [1.29, 1.82) is 0 Å². The third kappa shape index (κ3) is 6.32. The number of likely N-dealkylation sites (tertiary alicyclic amines) is 2. The minimum atomic E-state index is -0.700. The van der Waals surface area contributed by atoms with E-state index in [9.17, 15) is 14.7 Å². The van der Waals surface area contributed by atoms with Crippen LogP contribution < -0.4 is 0 Å². The van der Waals surface area contributed by atoms with Gasteiger partial charge in [0.15, 0.2) is 0 Å². The maximum atomic E-state index is 13.3. The van der Waals surface area contributed by atoms with Crippen molar-refractivity contribution in [3.63, 3.8) is 0 Å². The fourth-order valence-electron chi connectivity index (χ4n) is 5.23. The molecule has 2 aliphatic heterocycles. The summed E-state index contributed by atoms with van der Waals surface area (Å²) in [5.41, 5.74) is 3.33. The average molecular weight is 519 g/mol. The Bertz CT molecular complexity index is 1070. The molecule has 2 aliphatic rings. The quantitative estimate of drug-likeness (QED) is 0.573. The van der Waals surface area contributed by atoms with Crippen LogP contribution in [0, 0.1) is 12.8 Å². The molecule has 0 bridgehead atoms. The van der Waals surface area contributed by atoms with Crippen LogP contribution >= 0.6 is 23.2 Å². The Kier molecular flexibility index (Phi) is 8.63. The van der Waals surface area contributed by atoms with Gasteiger partial charge in [-0.25, -0.2) is 9.97 Å². The average Bonchev–Trinajstić information content (AvgIpc) is 2.87. The molecule has 0 radical (unpaired) electrons. The number of piperidine rings is 2. The van der Waals surface area contributed by atoms with Crippen LogP contribution in [0.2, 0.25) is 10.0 Å². The van der Waals surface area contributed by atoms with Gasteiger partial charge in [0.25, 0.3) is 5.91 Å². The molecule has 2 saturated heterocycles. The lowest BCUT2D eigenvalue weighted by Crippen LogP contribution is -2.50. The molecule has 1 aromatic carbocycles. The Morgan fingerprint density at radius 1 is 1.06 bits per heavy atom. The summed E-state index contributed by atoms with van der Waals surface area (Å²) in [6, 6.07) is 6.02. The van der Waals surface area contributed by atoms with Crippen LogP contribution in [0.1, 0.15) is 59.4 Å².